The van der Waals surface area contributed by atoms with Crippen molar-refractivity contribution in [3.63, 3.8) is 0 Å². The van der Waals surface area contributed by atoms with Crippen LogP contribution in [0.15, 0.2) is 47.3 Å². The van der Waals surface area contributed by atoms with Gasteiger partial charge in [-0.25, -0.2) is 0 Å². The number of aryl methyl sites for hydroxylation is 3. The number of nitrogens with one attached hydrogen (secondary N) is 2. The Morgan fingerprint density at radius 3 is 2.41 bits per heavy atom. The minimum atomic E-state index is -0.952. The Balaban J connectivity index is 1.88. The van der Waals surface area contributed by atoms with Crippen molar-refractivity contribution in [2.45, 2.75) is 27.2 Å². The summed E-state index contributed by atoms with van der Waals surface area (Å²) in [5.41, 5.74) is 4.48. The molecule has 1 aromatic heterocycles. The molecule has 0 aliphatic carbocycles. The molecule has 0 spiro atoms. The number of anilines is 1. The molecule has 2 N–H and O–H groups in total. The third-order valence-electron chi connectivity index (χ3n) is 4.79. The molecule has 5 heteroatoms. The van der Waals surface area contributed by atoms with Gasteiger partial charge >= 0.3 is 0 Å². The van der Waals surface area contributed by atoms with Crippen LogP contribution in [0.4, 0.5) is 5.69 Å². The molecule has 27 heavy (non-hydrogen) atoms. The second-order valence-corrected chi connectivity index (χ2v) is 6.80. The van der Waals surface area contributed by atoms with Gasteiger partial charge in [0, 0.05) is 17.7 Å². The van der Waals surface area contributed by atoms with E-state index < -0.39 is 11.8 Å². The van der Waals surface area contributed by atoms with Crippen molar-refractivity contribution in [1.82, 2.24) is 4.98 Å². The monoisotopic (exact) mass is 359 g/mol. The number of carbonyl (C=O) groups excluding carboxylic acids is 1. The predicted octanol–water partition coefficient (Wildman–Crippen LogP) is 3.77. The van der Waals surface area contributed by atoms with Crippen LogP contribution < -0.4 is 10.9 Å². The molecule has 1 heterocycles. The average molecular weight is 359 g/mol. The van der Waals surface area contributed by atoms with Gasteiger partial charge in [-0.3, -0.25) is 9.59 Å². The number of pyridine rings is 1. The van der Waals surface area contributed by atoms with E-state index in [0.29, 0.717) is 11.3 Å². The molecule has 0 aliphatic rings. The lowest BCUT2D eigenvalue weighted by Crippen LogP contribution is -2.26. The number of amides is 1. The topological polar surface area (TPSA) is 85.8 Å². The number of aromatic nitrogens is 1. The Morgan fingerprint density at radius 1 is 1.11 bits per heavy atom. The summed E-state index contributed by atoms with van der Waals surface area (Å²) in [5, 5.41) is 13.2. The summed E-state index contributed by atoms with van der Waals surface area (Å²) >= 11 is 0. The van der Waals surface area contributed by atoms with Gasteiger partial charge in [0.1, 0.15) is 5.92 Å². The van der Waals surface area contributed by atoms with E-state index in [4.69, 9.17) is 0 Å². The molecule has 5 nitrogen and oxygen atoms in total. The van der Waals surface area contributed by atoms with Gasteiger partial charge in [-0.05, 0) is 48.9 Å². The van der Waals surface area contributed by atoms with Crippen LogP contribution >= 0.6 is 0 Å². The fraction of sp³-hybridized carbons (Fsp3) is 0.227. The molecular weight excluding hydrogens is 338 g/mol. The Morgan fingerprint density at radius 2 is 1.74 bits per heavy atom. The second kappa shape index (κ2) is 7.46. The number of nitriles is 1. The Bertz CT molecular complexity index is 1100. The molecule has 0 unspecified atom stereocenters. The van der Waals surface area contributed by atoms with Gasteiger partial charge in [0.2, 0.25) is 5.91 Å². The number of carbonyl (C=O) groups is 1. The van der Waals surface area contributed by atoms with Gasteiger partial charge in [-0.2, -0.15) is 5.26 Å². The highest BCUT2D eigenvalue weighted by Crippen LogP contribution is 2.21. The van der Waals surface area contributed by atoms with E-state index in [9.17, 15) is 14.9 Å². The van der Waals surface area contributed by atoms with Crippen molar-refractivity contribution < 1.29 is 4.79 Å². The SMILES string of the molecule is Cc1cccc(C)c1NC(=O)[C@@H](C#N)Cc1cc2cccc(C)c2[nH]c1=O. The Labute approximate surface area is 157 Å². The molecule has 0 saturated carbocycles. The van der Waals surface area contributed by atoms with Gasteiger partial charge in [0.05, 0.1) is 11.6 Å². The van der Waals surface area contributed by atoms with Gasteiger partial charge in [-0.15, -0.1) is 0 Å². The maximum absolute atomic E-state index is 12.6. The highest BCUT2D eigenvalue weighted by molar-refractivity contribution is 5.95. The van der Waals surface area contributed by atoms with Crippen LogP contribution in [0.1, 0.15) is 22.3 Å². The first-order valence-corrected chi connectivity index (χ1v) is 8.79. The lowest BCUT2D eigenvalue weighted by atomic mass is 9.98. The summed E-state index contributed by atoms with van der Waals surface area (Å²) in [4.78, 5) is 27.9. The van der Waals surface area contributed by atoms with Crippen LogP contribution in [-0.4, -0.2) is 10.9 Å². The number of para-hydroxylation sites is 2. The molecule has 0 bridgehead atoms. The Kier molecular flexibility index (Phi) is 5.09. The Hall–Kier alpha value is -3.39. The summed E-state index contributed by atoms with van der Waals surface area (Å²) in [5.74, 6) is -1.36. The normalized spacial score (nSPS) is 11.8. The van der Waals surface area contributed by atoms with Crippen molar-refractivity contribution in [2.75, 3.05) is 5.32 Å². The molecule has 3 rings (SSSR count). The van der Waals surface area contributed by atoms with Gasteiger partial charge in [-0.1, -0.05) is 36.4 Å². The molecule has 0 radical (unpaired) electrons. The number of aromatic amines is 1. The number of hydrogen-bond acceptors (Lipinski definition) is 3. The second-order valence-electron chi connectivity index (χ2n) is 6.80. The minimum absolute atomic E-state index is 0.0620. The van der Waals surface area contributed by atoms with Crippen LogP contribution in [0, 0.1) is 38.0 Å². The number of rotatable bonds is 4. The first kappa shape index (κ1) is 18.4. The zero-order chi connectivity index (χ0) is 19.6. The molecule has 1 atom stereocenters. The smallest absolute Gasteiger partial charge is 0.251 e. The first-order chi connectivity index (χ1) is 12.9. The maximum atomic E-state index is 12.6. The highest BCUT2D eigenvalue weighted by Gasteiger charge is 2.21. The van der Waals surface area contributed by atoms with Gasteiger partial charge in [0.25, 0.3) is 5.56 Å². The lowest BCUT2D eigenvalue weighted by molar-refractivity contribution is -0.118. The van der Waals surface area contributed by atoms with Gasteiger partial charge < -0.3 is 10.3 Å². The van der Waals surface area contributed by atoms with Crippen LogP contribution in [0.25, 0.3) is 10.9 Å². The zero-order valence-corrected chi connectivity index (χ0v) is 15.6. The van der Waals surface area contributed by atoms with Crippen molar-refractivity contribution in [3.05, 3.63) is 75.1 Å². The number of H-pyrrole nitrogens is 1. The quantitative estimate of drug-likeness (QED) is 0.743. The number of hydrogen-bond donors (Lipinski definition) is 2. The van der Waals surface area contributed by atoms with E-state index in [1.54, 1.807) is 6.07 Å². The summed E-state index contributed by atoms with van der Waals surface area (Å²) in [6, 6.07) is 15.3. The zero-order valence-electron chi connectivity index (χ0n) is 15.6. The summed E-state index contributed by atoms with van der Waals surface area (Å²) in [6.07, 6.45) is 0.0620. The summed E-state index contributed by atoms with van der Waals surface area (Å²) in [7, 11) is 0. The minimum Gasteiger partial charge on any atom is -0.324 e. The molecule has 136 valence electrons. The van der Waals surface area contributed by atoms with Crippen LogP contribution in [0.2, 0.25) is 0 Å². The molecule has 2 aromatic carbocycles. The number of fused-ring (bicyclic) bond motifs is 1. The van der Waals surface area contributed by atoms with Crippen molar-refractivity contribution in [2.24, 2.45) is 5.92 Å². The highest BCUT2D eigenvalue weighted by atomic mass is 16.2. The summed E-state index contributed by atoms with van der Waals surface area (Å²) in [6.45, 7) is 5.73. The third kappa shape index (κ3) is 3.75. The fourth-order valence-corrected chi connectivity index (χ4v) is 3.22. The maximum Gasteiger partial charge on any atom is 0.251 e. The molecule has 0 fully saturated rings. The average Bonchev–Trinajstić information content (AvgIpc) is 2.64. The number of nitrogens with zero attached hydrogens (tertiary/aromatic N) is 1. The van der Waals surface area contributed by atoms with E-state index in [-0.39, 0.29) is 12.0 Å². The van der Waals surface area contributed by atoms with E-state index in [0.717, 1.165) is 27.6 Å². The molecule has 3 aromatic rings. The van der Waals surface area contributed by atoms with E-state index in [1.807, 2.05) is 63.2 Å². The van der Waals surface area contributed by atoms with E-state index in [2.05, 4.69) is 10.3 Å². The predicted molar refractivity (Wildman–Crippen MR) is 107 cm³/mol. The van der Waals surface area contributed by atoms with Crippen LogP contribution in [-0.2, 0) is 11.2 Å². The van der Waals surface area contributed by atoms with Crippen LogP contribution in [0.5, 0.6) is 0 Å². The molecular formula is C22H21N3O2. The lowest BCUT2D eigenvalue weighted by Gasteiger charge is -2.14. The van der Waals surface area contributed by atoms with Gasteiger partial charge in [0.15, 0.2) is 0 Å². The largest absolute Gasteiger partial charge is 0.324 e. The van der Waals surface area contributed by atoms with E-state index in [1.165, 1.54) is 0 Å². The molecule has 0 aliphatic heterocycles. The first-order valence-electron chi connectivity index (χ1n) is 8.79. The summed E-state index contributed by atoms with van der Waals surface area (Å²) < 4.78 is 0. The number of benzene rings is 2. The molecule has 1 amide bonds. The van der Waals surface area contributed by atoms with Crippen LogP contribution in [0.3, 0.4) is 0 Å². The van der Waals surface area contributed by atoms with E-state index >= 15 is 0 Å². The molecule has 0 saturated heterocycles. The van der Waals surface area contributed by atoms with Crippen molar-refractivity contribution in [3.8, 4) is 6.07 Å². The van der Waals surface area contributed by atoms with Crippen molar-refractivity contribution in [1.29, 1.82) is 5.26 Å². The van der Waals surface area contributed by atoms with Crippen molar-refractivity contribution >= 4 is 22.5 Å². The fourth-order valence-electron chi connectivity index (χ4n) is 3.22. The third-order valence-corrected chi connectivity index (χ3v) is 4.79. The standard InChI is InChI=1S/C22H21N3O2/c1-13-6-4-7-14(2)19(13)24-22(27)18(12-23)11-17-10-16-9-5-8-15(3)20(16)25-21(17)26/h4-10,18H,11H2,1-3H3,(H,24,27)(H,25,26)/t18-/m1/s1.